The molecule has 0 aliphatic rings. The van der Waals surface area contributed by atoms with Crippen LogP contribution in [0.4, 0.5) is 11.4 Å². The van der Waals surface area contributed by atoms with E-state index in [9.17, 15) is 19.5 Å². The van der Waals surface area contributed by atoms with E-state index >= 15 is 0 Å². The van der Waals surface area contributed by atoms with Crippen LogP contribution in [-0.2, 0) is 16.0 Å². The van der Waals surface area contributed by atoms with Gasteiger partial charge in [0.1, 0.15) is 5.56 Å². The second kappa shape index (κ2) is 11.6. The molecule has 0 heterocycles. The Morgan fingerprint density at radius 1 is 0.939 bits per heavy atom. The van der Waals surface area contributed by atoms with Gasteiger partial charge in [-0.3, -0.25) is 9.59 Å². The lowest BCUT2D eigenvalue weighted by molar-refractivity contribution is -0.115. The van der Waals surface area contributed by atoms with Crippen molar-refractivity contribution in [1.82, 2.24) is 0 Å². The van der Waals surface area contributed by atoms with E-state index in [1.54, 1.807) is 24.3 Å². The number of thioether (sulfide) groups is 1. The van der Waals surface area contributed by atoms with Crippen LogP contribution in [0.5, 0.6) is 0 Å². The summed E-state index contributed by atoms with van der Waals surface area (Å²) in [4.78, 5) is 36.8. The van der Waals surface area contributed by atoms with Gasteiger partial charge in [-0.1, -0.05) is 51.3 Å². The second-order valence-electron chi connectivity index (χ2n) is 6.83. The van der Waals surface area contributed by atoms with Crippen molar-refractivity contribution < 1.29 is 19.5 Å². The molecule has 0 radical (unpaired) electrons. The van der Waals surface area contributed by atoms with Gasteiger partial charge < -0.3 is 15.7 Å². The van der Waals surface area contributed by atoms with Gasteiger partial charge in [0.05, 0.1) is 22.9 Å². The van der Waals surface area contributed by atoms with E-state index in [1.165, 1.54) is 23.9 Å². The largest absolute Gasteiger partial charge is 0.478 e. The van der Waals surface area contributed by atoms with E-state index in [2.05, 4.69) is 26.6 Å². The van der Waals surface area contributed by atoms with Gasteiger partial charge in [-0.2, -0.15) is 0 Å². The number of anilines is 2. The number of hydrogen-bond donors (Lipinski definition) is 3. The highest BCUT2D eigenvalue weighted by molar-refractivity contribution is 9.10. The molecule has 3 rings (SSSR count). The number of aromatic carboxylic acids is 1. The van der Waals surface area contributed by atoms with Crippen LogP contribution in [0.1, 0.15) is 15.9 Å². The third-order valence-electron chi connectivity index (χ3n) is 4.30. The molecule has 0 fully saturated rings. The number of hydrogen-bond acceptors (Lipinski definition) is 4. The standard InChI is InChI=1S/C23H17BrCl2N2O4S/c24-14-3-1-2-13(8-14)9-20(29)27-16-4-6-17(7-5-16)33-12-21(30)28-19-11-15(25)10-18(26)22(19)23(31)32/h1-8,10-11H,9,12H2,(H,27,29)(H,28,30)(H,31,32). The summed E-state index contributed by atoms with van der Waals surface area (Å²) in [5.41, 5.74) is 1.35. The van der Waals surface area contributed by atoms with Gasteiger partial charge in [0.25, 0.3) is 0 Å². The van der Waals surface area contributed by atoms with Crippen molar-refractivity contribution in [2.75, 3.05) is 16.4 Å². The summed E-state index contributed by atoms with van der Waals surface area (Å²) in [5, 5.41) is 14.9. The number of nitrogens with one attached hydrogen (secondary N) is 2. The quantitative estimate of drug-likeness (QED) is 0.275. The van der Waals surface area contributed by atoms with Gasteiger partial charge >= 0.3 is 5.97 Å². The zero-order valence-corrected chi connectivity index (χ0v) is 20.8. The monoisotopic (exact) mass is 566 g/mol. The minimum absolute atomic E-state index is 0.0362. The minimum atomic E-state index is -1.27. The van der Waals surface area contributed by atoms with Gasteiger partial charge in [0.2, 0.25) is 11.8 Å². The average Bonchev–Trinajstić information content (AvgIpc) is 2.72. The van der Waals surface area contributed by atoms with Gasteiger partial charge in [0, 0.05) is 20.1 Å². The first-order valence-electron chi connectivity index (χ1n) is 9.50. The lowest BCUT2D eigenvalue weighted by Gasteiger charge is -2.11. The number of benzene rings is 3. The van der Waals surface area contributed by atoms with Crippen molar-refractivity contribution in [3.05, 3.63) is 86.3 Å². The molecule has 0 unspecified atom stereocenters. The lowest BCUT2D eigenvalue weighted by Crippen LogP contribution is -2.17. The molecule has 2 amide bonds. The Labute approximate surface area is 212 Å². The Kier molecular flexibility index (Phi) is 8.80. The van der Waals surface area contributed by atoms with E-state index in [0.29, 0.717) is 5.69 Å². The molecule has 0 saturated carbocycles. The van der Waals surface area contributed by atoms with Crippen LogP contribution in [0.15, 0.2) is 70.0 Å². The Hall–Kier alpha value is -2.52. The maximum absolute atomic E-state index is 12.3. The lowest BCUT2D eigenvalue weighted by atomic mass is 10.1. The number of rotatable bonds is 8. The van der Waals surface area contributed by atoms with Crippen LogP contribution in [0.3, 0.4) is 0 Å². The Bertz CT molecular complexity index is 1210. The number of carbonyl (C=O) groups is 3. The molecule has 3 N–H and O–H groups in total. The van der Waals surface area contributed by atoms with Crippen LogP contribution >= 0.6 is 50.9 Å². The first kappa shape index (κ1) is 25.1. The fourth-order valence-corrected chi connectivity index (χ4v) is 4.62. The zero-order valence-electron chi connectivity index (χ0n) is 16.9. The summed E-state index contributed by atoms with van der Waals surface area (Å²) in [7, 11) is 0. The van der Waals surface area contributed by atoms with Gasteiger partial charge in [-0.05, 0) is 54.1 Å². The molecule has 33 heavy (non-hydrogen) atoms. The number of halogens is 3. The van der Waals surface area contributed by atoms with E-state index < -0.39 is 11.9 Å². The van der Waals surface area contributed by atoms with E-state index in [0.717, 1.165) is 14.9 Å². The Morgan fingerprint density at radius 3 is 2.33 bits per heavy atom. The molecule has 3 aromatic rings. The summed E-state index contributed by atoms with van der Waals surface area (Å²) in [5.74, 6) is -1.77. The SMILES string of the molecule is O=C(Cc1cccc(Br)c1)Nc1ccc(SCC(=O)Nc2cc(Cl)cc(Cl)c2C(=O)O)cc1. The van der Waals surface area contributed by atoms with Crippen LogP contribution in [-0.4, -0.2) is 28.6 Å². The van der Waals surface area contributed by atoms with Crippen LogP contribution in [0.25, 0.3) is 0 Å². The average molecular weight is 568 g/mol. The highest BCUT2D eigenvalue weighted by Gasteiger charge is 2.18. The van der Waals surface area contributed by atoms with E-state index in [4.69, 9.17) is 23.2 Å². The molecule has 170 valence electrons. The second-order valence-corrected chi connectivity index (χ2v) is 9.64. The molecular weight excluding hydrogens is 551 g/mol. The summed E-state index contributed by atoms with van der Waals surface area (Å²) >= 11 is 16.5. The maximum Gasteiger partial charge on any atom is 0.339 e. The molecule has 0 atom stereocenters. The van der Waals surface area contributed by atoms with Crippen molar-refractivity contribution in [3.63, 3.8) is 0 Å². The zero-order chi connectivity index (χ0) is 24.0. The van der Waals surface area contributed by atoms with Gasteiger partial charge in [-0.25, -0.2) is 4.79 Å². The van der Waals surface area contributed by atoms with Crippen molar-refractivity contribution >= 4 is 80.1 Å². The molecule has 0 aliphatic carbocycles. The highest BCUT2D eigenvalue weighted by atomic mass is 79.9. The molecule has 3 aromatic carbocycles. The van der Waals surface area contributed by atoms with Crippen molar-refractivity contribution in [2.45, 2.75) is 11.3 Å². The summed E-state index contributed by atoms with van der Waals surface area (Å²) in [6.07, 6.45) is 0.252. The van der Waals surface area contributed by atoms with Crippen molar-refractivity contribution in [1.29, 1.82) is 0 Å². The van der Waals surface area contributed by atoms with Crippen molar-refractivity contribution in [2.24, 2.45) is 0 Å². The molecule has 0 spiro atoms. The Balaban J connectivity index is 1.54. The number of carboxylic acids is 1. The fraction of sp³-hybridized carbons (Fsp3) is 0.0870. The highest BCUT2D eigenvalue weighted by Crippen LogP contribution is 2.30. The predicted molar refractivity (Wildman–Crippen MR) is 136 cm³/mol. The summed E-state index contributed by atoms with van der Waals surface area (Å²) < 4.78 is 0.913. The predicted octanol–water partition coefficient (Wildman–Crippen LogP) is 6.37. The number of carbonyl (C=O) groups excluding carboxylic acids is 2. The van der Waals surface area contributed by atoms with Crippen molar-refractivity contribution in [3.8, 4) is 0 Å². The number of amides is 2. The maximum atomic E-state index is 12.3. The minimum Gasteiger partial charge on any atom is -0.478 e. The molecular formula is C23H17BrCl2N2O4S. The van der Waals surface area contributed by atoms with Gasteiger partial charge in [0.15, 0.2) is 0 Å². The topological polar surface area (TPSA) is 95.5 Å². The van der Waals surface area contributed by atoms with Crippen LogP contribution < -0.4 is 10.6 Å². The summed E-state index contributed by atoms with van der Waals surface area (Å²) in [6, 6.07) is 17.2. The number of carboxylic acid groups (broad SMARTS) is 1. The van der Waals surface area contributed by atoms with Gasteiger partial charge in [-0.15, -0.1) is 11.8 Å². The molecule has 0 aliphatic heterocycles. The first-order chi connectivity index (χ1) is 15.7. The normalized spacial score (nSPS) is 10.5. The molecule has 10 heteroatoms. The Morgan fingerprint density at radius 2 is 1.67 bits per heavy atom. The smallest absolute Gasteiger partial charge is 0.339 e. The van der Waals surface area contributed by atoms with Crippen LogP contribution in [0, 0.1) is 0 Å². The fourth-order valence-electron chi connectivity index (χ4n) is 2.90. The molecule has 0 bridgehead atoms. The van der Waals surface area contributed by atoms with E-state index in [-0.39, 0.29) is 39.4 Å². The van der Waals surface area contributed by atoms with Crippen LogP contribution in [0.2, 0.25) is 10.0 Å². The molecule has 6 nitrogen and oxygen atoms in total. The third kappa shape index (κ3) is 7.50. The molecule has 0 aromatic heterocycles. The van der Waals surface area contributed by atoms with E-state index in [1.807, 2.05) is 24.3 Å². The molecule has 0 saturated heterocycles. The third-order valence-corrected chi connectivity index (χ3v) is 6.33. The summed E-state index contributed by atoms with van der Waals surface area (Å²) in [6.45, 7) is 0. The first-order valence-corrected chi connectivity index (χ1v) is 12.0.